The van der Waals surface area contributed by atoms with Gasteiger partial charge >= 0.3 is 5.97 Å². The fourth-order valence-electron chi connectivity index (χ4n) is 4.58. The van der Waals surface area contributed by atoms with Gasteiger partial charge in [0.2, 0.25) is 0 Å². The minimum atomic E-state index is -0.171. The van der Waals surface area contributed by atoms with Crippen LogP contribution in [0.2, 0.25) is 0 Å². The van der Waals surface area contributed by atoms with Crippen molar-refractivity contribution in [3.63, 3.8) is 0 Å². The first-order valence-electron chi connectivity index (χ1n) is 13.1. The van der Waals surface area contributed by atoms with Crippen LogP contribution >= 0.6 is 0 Å². The fraction of sp³-hybridized carbons (Fsp3) is 0.419. The SMILES string of the molecule is CCOC(=O)CCCc1cc(C(=O)c2ccc(NCc3ccc(CC(C)C)cc3)cc2)c(CC)n1C. The molecule has 0 saturated heterocycles. The Labute approximate surface area is 215 Å². The van der Waals surface area contributed by atoms with Gasteiger partial charge in [-0.1, -0.05) is 45.0 Å². The lowest BCUT2D eigenvalue weighted by Crippen LogP contribution is -2.07. The van der Waals surface area contributed by atoms with Crippen LogP contribution < -0.4 is 5.32 Å². The predicted molar refractivity (Wildman–Crippen MR) is 147 cm³/mol. The molecule has 0 amide bonds. The van der Waals surface area contributed by atoms with Gasteiger partial charge in [0.05, 0.1) is 6.61 Å². The molecule has 5 heteroatoms. The number of rotatable bonds is 13. The van der Waals surface area contributed by atoms with E-state index in [1.807, 2.05) is 44.3 Å². The number of hydrogen-bond donors (Lipinski definition) is 1. The number of carbonyl (C=O) groups is 2. The van der Waals surface area contributed by atoms with Gasteiger partial charge in [-0.15, -0.1) is 0 Å². The van der Waals surface area contributed by atoms with Gasteiger partial charge in [-0.3, -0.25) is 9.59 Å². The van der Waals surface area contributed by atoms with E-state index in [4.69, 9.17) is 4.74 Å². The van der Waals surface area contributed by atoms with E-state index in [1.165, 1.54) is 11.1 Å². The molecular formula is C31H40N2O3. The maximum Gasteiger partial charge on any atom is 0.305 e. The Morgan fingerprint density at radius 3 is 2.25 bits per heavy atom. The number of esters is 1. The zero-order valence-corrected chi connectivity index (χ0v) is 22.4. The Morgan fingerprint density at radius 1 is 0.972 bits per heavy atom. The van der Waals surface area contributed by atoms with E-state index in [0.717, 1.165) is 48.4 Å². The molecule has 3 aromatic rings. The van der Waals surface area contributed by atoms with Gasteiger partial charge in [0.1, 0.15) is 0 Å². The molecule has 1 N–H and O–H groups in total. The minimum absolute atomic E-state index is 0.0337. The second-order valence-electron chi connectivity index (χ2n) is 9.74. The quantitative estimate of drug-likeness (QED) is 0.220. The molecule has 0 unspecified atom stereocenters. The van der Waals surface area contributed by atoms with Crippen molar-refractivity contribution in [3.8, 4) is 0 Å². The van der Waals surface area contributed by atoms with E-state index in [-0.39, 0.29) is 11.8 Å². The van der Waals surface area contributed by atoms with E-state index in [9.17, 15) is 9.59 Å². The van der Waals surface area contributed by atoms with Crippen molar-refractivity contribution in [3.05, 3.63) is 88.2 Å². The van der Waals surface area contributed by atoms with Gasteiger partial charge in [-0.2, -0.15) is 0 Å². The summed E-state index contributed by atoms with van der Waals surface area (Å²) >= 11 is 0. The van der Waals surface area contributed by atoms with Gasteiger partial charge in [-0.25, -0.2) is 0 Å². The highest BCUT2D eigenvalue weighted by Crippen LogP contribution is 2.22. The van der Waals surface area contributed by atoms with E-state index < -0.39 is 0 Å². The second-order valence-corrected chi connectivity index (χ2v) is 9.74. The molecule has 1 aromatic heterocycles. The number of hydrogen-bond acceptors (Lipinski definition) is 4. The number of benzene rings is 2. The van der Waals surface area contributed by atoms with Crippen molar-refractivity contribution in [1.82, 2.24) is 4.57 Å². The summed E-state index contributed by atoms with van der Waals surface area (Å²) in [5.74, 6) is 0.518. The summed E-state index contributed by atoms with van der Waals surface area (Å²) in [4.78, 5) is 25.0. The summed E-state index contributed by atoms with van der Waals surface area (Å²) in [6, 6.07) is 18.5. The lowest BCUT2D eigenvalue weighted by molar-refractivity contribution is -0.143. The smallest absolute Gasteiger partial charge is 0.305 e. The van der Waals surface area contributed by atoms with E-state index in [2.05, 4.69) is 54.9 Å². The Balaban J connectivity index is 1.62. The first kappa shape index (κ1) is 27.3. The molecule has 5 nitrogen and oxygen atoms in total. The van der Waals surface area contributed by atoms with Crippen LogP contribution in [-0.4, -0.2) is 22.9 Å². The highest BCUT2D eigenvalue weighted by atomic mass is 16.5. The fourth-order valence-corrected chi connectivity index (χ4v) is 4.58. The van der Waals surface area contributed by atoms with E-state index in [0.29, 0.717) is 30.9 Å². The molecule has 0 aliphatic rings. The monoisotopic (exact) mass is 488 g/mol. The Kier molecular flexibility index (Phi) is 9.92. The number of ether oxygens (including phenoxy) is 1. The predicted octanol–water partition coefficient (Wildman–Crippen LogP) is 6.51. The molecule has 0 spiro atoms. The summed E-state index contributed by atoms with van der Waals surface area (Å²) in [7, 11) is 2.00. The van der Waals surface area contributed by atoms with Crippen molar-refractivity contribution in [2.24, 2.45) is 13.0 Å². The third kappa shape index (κ3) is 7.33. The Bertz CT molecular complexity index is 1140. The lowest BCUT2D eigenvalue weighted by Gasteiger charge is -2.10. The summed E-state index contributed by atoms with van der Waals surface area (Å²) < 4.78 is 7.12. The lowest BCUT2D eigenvalue weighted by atomic mass is 10.0. The Hall–Kier alpha value is -3.34. The van der Waals surface area contributed by atoms with Crippen molar-refractivity contribution in [2.75, 3.05) is 11.9 Å². The number of carbonyl (C=O) groups excluding carboxylic acids is 2. The van der Waals surface area contributed by atoms with E-state index >= 15 is 0 Å². The van der Waals surface area contributed by atoms with Crippen LogP contribution in [0.25, 0.3) is 0 Å². The average Bonchev–Trinajstić information content (AvgIpc) is 3.18. The number of aryl methyl sites for hydroxylation is 1. The molecule has 0 aliphatic heterocycles. The molecule has 0 saturated carbocycles. The summed E-state index contributed by atoms with van der Waals surface area (Å²) in [5, 5.41) is 3.45. The first-order chi connectivity index (χ1) is 17.3. The summed E-state index contributed by atoms with van der Waals surface area (Å²) in [5.41, 5.74) is 7.10. The topological polar surface area (TPSA) is 60.3 Å². The average molecular weight is 489 g/mol. The van der Waals surface area contributed by atoms with Crippen LogP contribution in [0.3, 0.4) is 0 Å². The minimum Gasteiger partial charge on any atom is -0.466 e. The number of aromatic nitrogens is 1. The number of nitrogens with zero attached hydrogens (tertiary/aromatic N) is 1. The number of anilines is 1. The number of ketones is 1. The van der Waals surface area contributed by atoms with Crippen molar-refractivity contribution in [1.29, 1.82) is 0 Å². The Morgan fingerprint density at radius 2 is 1.64 bits per heavy atom. The zero-order chi connectivity index (χ0) is 26.1. The maximum absolute atomic E-state index is 13.3. The molecule has 2 aromatic carbocycles. The standard InChI is InChI=1S/C31H40N2O3/c1-6-29-28(20-27(33(29)5)9-8-10-30(34)36-7-2)31(35)25-15-17-26(18-16-25)32-21-24-13-11-23(12-14-24)19-22(3)4/h11-18,20,22,32H,6-10,19,21H2,1-5H3. The molecular weight excluding hydrogens is 448 g/mol. The van der Waals surface area contributed by atoms with E-state index in [1.54, 1.807) is 0 Å². The molecule has 0 aliphatic carbocycles. The molecule has 36 heavy (non-hydrogen) atoms. The largest absolute Gasteiger partial charge is 0.466 e. The van der Waals surface area contributed by atoms with Crippen LogP contribution in [0.1, 0.15) is 79.0 Å². The normalized spacial score (nSPS) is 11.1. The van der Waals surface area contributed by atoms with Gasteiger partial charge < -0.3 is 14.6 Å². The summed E-state index contributed by atoms with van der Waals surface area (Å²) in [6.07, 6.45) is 3.69. The van der Waals surface area contributed by atoms with Crippen LogP contribution in [0.15, 0.2) is 54.6 Å². The van der Waals surface area contributed by atoms with Crippen molar-refractivity contribution < 1.29 is 14.3 Å². The first-order valence-corrected chi connectivity index (χ1v) is 13.1. The zero-order valence-electron chi connectivity index (χ0n) is 22.4. The summed E-state index contributed by atoms with van der Waals surface area (Å²) in [6.45, 7) is 9.49. The van der Waals surface area contributed by atoms with Gasteiger partial charge in [0.15, 0.2) is 5.78 Å². The molecule has 0 radical (unpaired) electrons. The van der Waals surface area contributed by atoms with Crippen LogP contribution in [-0.2, 0) is 42.4 Å². The third-order valence-corrected chi connectivity index (χ3v) is 6.47. The van der Waals surface area contributed by atoms with Crippen LogP contribution in [0.5, 0.6) is 0 Å². The molecule has 0 atom stereocenters. The third-order valence-electron chi connectivity index (χ3n) is 6.47. The van der Waals surface area contributed by atoms with Crippen molar-refractivity contribution in [2.45, 2.75) is 66.3 Å². The van der Waals surface area contributed by atoms with Crippen molar-refractivity contribution >= 4 is 17.4 Å². The highest BCUT2D eigenvalue weighted by Gasteiger charge is 2.19. The van der Waals surface area contributed by atoms with Gasteiger partial charge in [-0.05, 0) is 80.0 Å². The van der Waals surface area contributed by atoms with Gasteiger partial charge in [0, 0.05) is 48.2 Å². The second kappa shape index (κ2) is 13.1. The molecule has 3 rings (SSSR count). The molecule has 1 heterocycles. The molecule has 0 fully saturated rings. The number of nitrogens with one attached hydrogen (secondary N) is 1. The molecule has 192 valence electrons. The van der Waals surface area contributed by atoms with Gasteiger partial charge in [0.25, 0.3) is 0 Å². The maximum atomic E-state index is 13.3. The van der Waals surface area contributed by atoms with Crippen LogP contribution in [0, 0.1) is 5.92 Å². The molecule has 0 bridgehead atoms. The highest BCUT2D eigenvalue weighted by molar-refractivity contribution is 6.10. The van der Waals surface area contributed by atoms with Crippen LogP contribution in [0.4, 0.5) is 5.69 Å².